The summed E-state index contributed by atoms with van der Waals surface area (Å²) in [6.07, 6.45) is 0. The minimum atomic E-state index is -0.222. The standard InChI is InChI=1S/C19H21NO/c1-12(2)15-8-9-17-16(10-15)11-18(21-17)19(20)14-6-4-13(3)5-7-14/h4-12,19H,20H2,1-3H3. The van der Waals surface area contributed by atoms with Crippen LogP contribution in [0.1, 0.15) is 48.3 Å². The SMILES string of the molecule is Cc1ccc(C(N)c2cc3cc(C(C)C)ccc3o2)cc1. The molecule has 3 rings (SSSR count). The van der Waals surface area contributed by atoms with Gasteiger partial charge >= 0.3 is 0 Å². The Morgan fingerprint density at radius 2 is 1.57 bits per heavy atom. The van der Waals surface area contributed by atoms with Crippen LogP contribution in [-0.4, -0.2) is 0 Å². The molecule has 3 aromatic rings. The molecule has 1 unspecified atom stereocenters. The van der Waals surface area contributed by atoms with E-state index in [1.54, 1.807) is 0 Å². The molecule has 0 spiro atoms. The van der Waals surface area contributed by atoms with Crippen molar-refractivity contribution in [1.82, 2.24) is 0 Å². The van der Waals surface area contributed by atoms with E-state index < -0.39 is 0 Å². The van der Waals surface area contributed by atoms with Gasteiger partial charge in [-0.2, -0.15) is 0 Å². The molecule has 2 heteroatoms. The normalized spacial score (nSPS) is 13.0. The van der Waals surface area contributed by atoms with Crippen LogP contribution in [0.3, 0.4) is 0 Å². The van der Waals surface area contributed by atoms with Gasteiger partial charge in [-0.1, -0.05) is 49.7 Å². The molecule has 0 aliphatic rings. The lowest BCUT2D eigenvalue weighted by atomic mass is 10.0. The summed E-state index contributed by atoms with van der Waals surface area (Å²) in [5, 5.41) is 1.12. The average Bonchev–Trinajstić information content (AvgIpc) is 2.90. The van der Waals surface area contributed by atoms with Crippen LogP contribution < -0.4 is 5.73 Å². The predicted molar refractivity (Wildman–Crippen MR) is 87.5 cm³/mol. The maximum Gasteiger partial charge on any atom is 0.134 e. The molecule has 0 amide bonds. The molecule has 0 aliphatic carbocycles. The topological polar surface area (TPSA) is 39.2 Å². The zero-order chi connectivity index (χ0) is 15.0. The molecule has 0 bridgehead atoms. The van der Waals surface area contributed by atoms with Crippen LogP contribution in [0.5, 0.6) is 0 Å². The van der Waals surface area contributed by atoms with E-state index in [1.165, 1.54) is 11.1 Å². The maximum absolute atomic E-state index is 6.33. The summed E-state index contributed by atoms with van der Waals surface area (Å²) in [7, 11) is 0. The first kappa shape index (κ1) is 13.9. The fourth-order valence-electron chi connectivity index (χ4n) is 2.53. The Kier molecular flexibility index (Phi) is 3.56. The molecule has 0 saturated heterocycles. The number of nitrogens with two attached hydrogens (primary N) is 1. The molecule has 0 saturated carbocycles. The van der Waals surface area contributed by atoms with Gasteiger partial charge in [-0.05, 0) is 42.2 Å². The lowest BCUT2D eigenvalue weighted by molar-refractivity contribution is 0.525. The van der Waals surface area contributed by atoms with Crippen LogP contribution in [0.15, 0.2) is 52.9 Å². The Morgan fingerprint density at radius 3 is 2.24 bits per heavy atom. The van der Waals surface area contributed by atoms with Crippen molar-refractivity contribution in [2.75, 3.05) is 0 Å². The highest BCUT2D eigenvalue weighted by atomic mass is 16.3. The molecule has 1 heterocycles. The summed E-state index contributed by atoms with van der Waals surface area (Å²) in [5.74, 6) is 1.33. The van der Waals surface area contributed by atoms with Crippen LogP contribution >= 0.6 is 0 Å². The third-order valence-corrected chi connectivity index (χ3v) is 3.97. The summed E-state index contributed by atoms with van der Waals surface area (Å²) in [6.45, 7) is 6.46. The predicted octanol–water partition coefficient (Wildman–Crippen LogP) is 4.91. The van der Waals surface area contributed by atoms with E-state index in [2.05, 4.69) is 63.2 Å². The lowest BCUT2D eigenvalue weighted by Gasteiger charge is -2.08. The Labute approximate surface area is 125 Å². The van der Waals surface area contributed by atoms with E-state index in [-0.39, 0.29) is 6.04 Å². The van der Waals surface area contributed by atoms with Gasteiger partial charge in [-0.3, -0.25) is 0 Å². The summed E-state index contributed by atoms with van der Waals surface area (Å²) in [6, 6.07) is 16.5. The summed E-state index contributed by atoms with van der Waals surface area (Å²) >= 11 is 0. The molecule has 2 N–H and O–H groups in total. The molecular weight excluding hydrogens is 258 g/mol. The van der Waals surface area contributed by atoms with E-state index in [4.69, 9.17) is 10.2 Å². The minimum Gasteiger partial charge on any atom is -0.459 e. The Hall–Kier alpha value is -2.06. The van der Waals surface area contributed by atoms with Crippen molar-refractivity contribution in [3.05, 3.63) is 71.0 Å². The molecule has 0 fully saturated rings. The fraction of sp³-hybridized carbons (Fsp3) is 0.263. The van der Waals surface area contributed by atoms with Crippen LogP contribution in [0, 0.1) is 6.92 Å². The zero-order valence-electron chi connectivity index (χ0n) is 12.8. The second kappa shape index (κ2) is 5.38. The van der Waals surface area contributed by atoms with Gasteiger partial charge < -0.3 is 10.2 Å². The van der Waals surface area contributed by atoms with Crippen molar-refractivity contribution in [2.24, 2.45) is 5.73 Å². The maximum atomic E-state index is 6.33. The van der Waals surface area contributed by atoms with Crippen molar-refractivity contribution < 1.29 is 4.42 Å². The number of furan rings is 1. The van der Waals surface area contributed by atoms with E-state index >= 15 is 0 Å². The number of rotatable bonds is 3. The Morgan fingerprint density at radius 1 is 0.905 bits per heavy atom. The molecule has 108 valence electrons. The second-order valence-electron chi connectivity index (χ2n) is 5.99. The zero-order valence-corrected chi connectivity index (χ0v) is 12.8. The number of aryl methyl sites for hydroxylation is 1. The highest BCUT2D eigenvalue weighted by Crippen LogP contribution is 2.29. The monoisotopic (exact) mass is 279 g/mol. The van der Waals surface area contributed by atoms with Crippen LogP contribution in [0.25, 0.3) is 11.0 Å². The van der Waals surface area contributed by atoms with Crippen molar-refractivity contribution >= 4 is 11.0 Å². The third kappa shape index (κ3) is 2.72. The number of hydrogen-bond acceptors (Lipinski definition) is 2. The molecule has 0 aliphatic heterocycles. The van der Waals surface area contributed by atoms with Crippen LogP contribution in [0.2, 0.25) is 0 Å². The van der Waals surface area contributed by atoms with E-state index in [1.807, 2.05) is 6.07 Å². The fourth-order valence-corrected chi connectivity index (χ4v) is 2.53. The molecule has 2 aromatic carbocycles. The molecule has 1 atom stereocenters. The first-order valence-electron chi connectivity index (χ1n) is 7.40. The van der Waals surface area contributed by atoms with Gasteiger partial charge in [0.2, 0.25) is 0 Å². The van der Waals surface area contributed by atoms with Gasteiger partial charge in [0, 0.05) is 5.39 Å². The van der Waals surface area contributed by atoms with Crippen molar-refractivity contribution in [3.8, 4) is 0 Å². The third-order valence-electron chi connectivity index (χ3n) is 3.97. The number of benzene rings is 2. The first-order chi connectivity index (χ1) is 10.0. The van der Waals surface area contributed by atoms with Crippen molar-refractivity contribution in [2.45, 2.75) is 32.7 Å². The van der Waals surface area contributed by atoms with Gasteiger partial charge in [0.25, 0.3) is 0 Å². The van der Waals surface area contributed by atoms with Crippen molar-refractivity contribution in [1.29, 1.82) is 0 Å². The van der Waals surface area contributed by atoms with Crippen molar-refractivity contribution in [3.63, 3.8) is 0 Å². The summed E-state index contributed by atoms with van der Waals surface area (Å²) < 4.78 is 5.92. The molecule has 21 heavy (non-hydrogen) atoms. The van der Waals surface area contributed by atoms with E-state index in [9.17, 15) is 0 Å². The largest absolute Gasteiger partial charge is 0.459 e. The molecular formula is C19H21NO. The van der Waals surface area contributed by atoms with Gasteiger partial charge in [0.05, 0.1) is 6.04 Å². The lowest BCUT2D eigenvalue weighted by Crippen LogP contribution is -2.10. The number of fused-ring (bicyclic) bond motifs is 1. The quantitative estimate of drug-likeness (QED) is 0.739. The average molecular weight is 279 g/mol. The van der Waals surface area contributed by atoms with E-state index in [0.29, 0.717) is 5.92 Å². The van der Waals surface area contributed by atoms with Gasteiger partial charge in [0.1, 0.15) is 11.3 Å². The summed E-state index contributed by atoms with van der Waals surface area (Å²) in [5.41, 5.74) is 10.9. The highest BCUT2D eigenvalue weighted by Gasteiger charge is 2.14. The first-order valence-corrected chi connectivity index (χ1v) is 7.40. The number of hydrogen-bond donors (Lipinski definition) is 1. The van der Waals surface area contributed by atoms with Gasteiger partial charge in [-0.25, -0.2) is 0 Å². The minimum absolute atomic E-state index is 0.222. The second-order valence-corrected chi connectivity index (χ2v) is 5.99. The highest BCUT2D eigenvalue weighted by molar-refractivity contribution is 5.79. The molecule has 2 nitrogen and oxygen atoms in total. The molecule has 0 radical (unpaired) electrons. The Balaban J connectivity index is 1.98. The van der Waals surface area contributed by atoms with Crippen LogP contribution in [0.4, 0.5) is 0 Å². The van der Waals surface area contributed by atoms with Gasteiger partial charge in [-0.15, -0.1) is 0 Å². The smallest absolute Gasteiger partial charge is 0.134 e. The van der Waals surface area contributed by atoms with E-state index in [0.717, 1.165) is 22.3 Å². The van der Waals surface area contributed by atoms with Crippen LogP contribution in [-0.2, 0) is 0 Å². The van der Waals surface area contributed by atoms with Gasteiger partial charge in [0.15, 0.2) is 0 Å². The molecule has 1 aromatic heterocycles. The Bertz CT molecular complexity index is 753. The summed E-state index contributed by atoms with van der Waals surface area (Å²) in [4.78, 5) is 0.